The van der Waals surface area contributed by atoms with Gasteiger partial charge < -0.3 is 10.2 Å². The number of nitrogens with zero attached hydrogens (tertiary/aromatic N) is 4. The quantitative estimate of drug-likeness (QED) is 0.905. The van der Waals surface area contributed by atoms with Crippen molar-refractivity contribution in [1.82, 2.24) is 20.3 Å². The van der Waals surface area contributed by atoms with Crippen LogP contribution in [-0.4, -0.2) is 40.5 Å². The van der Waals surface area contributed by atoms with Gasteiger partial charge in [0.15, 0.2) is 0 Å². The number of pyridine rings is 1. The van der Waals surface area contributed by atoms with Crippen LogP contribution in [0.1, 0.15) is 18.4 Å². The lowest BCUT2D eigenvalue weighted by molar-refractivity contribution is -0.125. The molecule has 120 valence electrons. The third-order valence-corrected chi connectivity index (χ3v) is 4.10. The van der Waals surface area contributed by atoms with Crippen molar-refractivity contribution in [2.24, 2.45) is 5.92 Å². The second kappa shape index (κ2) is 7.67. The molecule has 3 heterocycles. The van der Waals surface area contributed by atoms with Gasteiger partial charge >= 0.3 is 0 Å². The van der Waals surface area contributed by atoms with Crippen molar-refractivity contribution in [3.63, 3.8) is 0 Å². The fourth-order valence-electron chi connectivity index (χ4n) is 2.87. The first kappa shape index (κ1) is 15.4. The zero-order valence-corrected chi connectivity index (χ0v) is 13.1. The number of piperidine rings is 1. The van der Waals surface area contributed by atoms with Gasteiger partial charge in [0.25, 0.3) is 0 Å². The molecule has 2 aromatic rings. The molecule has 1 aliphatic rings. The summed E-state index contributed by atoms with van der Waals surface area (Å²) >= 11 is 0. The number of hydrogen-bond acceptors (Lipinski definition) is 5. The molecule has 0 unspecified atom stereocenters. The lowest BCUT2D eigenvalue weighted by Crippen LogP contribution is -2.43. The Morgan fingerprint density at radius 1 is 1.26 bits per heavy atom. The van der Waals surface area contributed by atoms with Crippen molar-refractivity contribution in [1.29, 1.82) is 0 Å². The van der Waals surface area contributed by atoms with Gasteiger partial charge in [-0.25, -0.2) is 4.98 Å². The highest BCUT2D eigenvalue weighted by Gasteiger charge is 2.26. The Bertz CT molecular complexity index is 619. The fourth-order valence-corrected chi connectivity index (χ4v) is 2.87. The summed E-state index contributed by atoms with van der Waals surface area (Å²) in [7, 11) is 0. The van der Waals surface area contributed by atoms with Crippen LogP contribution in [0.5, 0.6) is 0 Å². The molecule has 1 saturated heterocycles. The molecule has 0 saturated carbocycles. The zero-order valence-electron chi connectivity index (χ0n) is 13.1. The summed E-state index contributed by atoms with van der Waals surface area (Å²) in [5.41, 5.74) is 1.14. The third-order valence-electron chi connectivity index (χ3n) is 4.10. The van der Waals surface area contributed by atoms with Gasteiger partial charge in [-0.05, 0) is 30.9 Å². The molecule has 0 aliphatic carbocycles. The monoisotopic (exact) mass is 311 g/mol. The van der Waals surface area contributed by atoms with Gasteiger partial charge in [0, 0.05) is 44.4 Å². The number of hydrogen-bond donors (Lipinski definition) is 1. The molecule has 1 aliphatic heterocycles. The Balaban J connectivity index is 1.49. The Morgan fingerprint density at radius 3 is 2.96 bits per heavy atom. The Labute approximate surface area is 136 Å². The predicted octanol–water partition coefficient (Wildman–Crippen LogP) is 1.45. The highest BCUT2D eigenvalue weighted by molar-refractivity contribution is 5.79. The molecule has 6 nitrogen and oxygen atoms in total. The molecule has 0 radical (unpaired) electrons. The smallest absolute Gasteiger partial charge is 0.224 e. The van der Waals surface area contributed by atoms with Crippen molar-refractivity contribution in [2.75, 3.05) is 24.5 Å². The lowest BCUT2D eigenvalue weighted by atomic mass is 9.97. The van der Waals surface area contributed by atoms with Gasteiger partial charge in [-0.1, -0.05) is 6.07 Å². The molecular weight excluding hydrogens is 290 g/mol. The van der Waals surface area contributed by atoms with E-state index in [1.54, 1.807) is 24.8 Å². The number of aromatic nitrogens is 3. The van der Waals surface area contributed by atoms with E-state index in [4.69, 9.17) is 0 Å². The van der Waals surface area contributed by atoms with E-state index in [-0.39, 0.29) is 11.8 Å². The molecule has 1 atom stereocenters. The molecule has 0 bridgehead atoms. The van der Waals surface area contributed by atoms with Gasteiger partial charge in [-0.15, -0.1) is 0 Å². The van der Waals surface area contributed by atoms with E-state index in [2.05, 4.69) is 25.2 Å². The van der Waals surface area contributed by atoms with Crippen molar-refractivity contribution < 1.29 is 4.79 Å². The fraction of sp³-hybridized carbons (Fsp3) is 0.412. The molecule has 0 spiro atoms. The maximum absolute atomic E-state index is 12.4. The predicted molar refractivity (Wildman–Crippen MR) is 87.9 cm³/mol. The highest BCUT2D eigenvalue weighted by Crippen LogP contribution is 2.20. The van der Waals surface area contributed by atoms with E-state index < -0.39 is 0 Å². The molecule has 1 fully saturated rings. The summed E-state index contributed by atoms with van der Waals surface area (Å²) < 4.78 is 0. The van der Waals surface area contributed by atoms with E-state index >= 15 is 0 Å². The van der Waals surface area contributed by atoms with Crippen molar-refractivity contribution >= 4 is 11.7 Å². The number of anilines is 1. The normalized spacial score (nSPS) is 17.7. The van der Waals surface area contributed by atoms with Gasteiger partial charge in [-0.3, -0.25) is 14.8 Å². The van der Waals surface area contributed by atoms with Crippen LogP contribution >= 0.6 is 0 Å². The summed E-state index contributed by atoms with van der Waals surface area (Å²) in [6, 6.07) is 3.94. The maximum Gasteiger partial charge on any atom is 0.224 e. The number of carbonyl (C=O) groups excluding carboxylic acids is 1. The standard InChI is InChI=1S/C17H21N5O/c23-17(21-7-5-14-3-1-6-18-11-14)15-4-2-10-22(13-15)16-12-19-8-9-20-16/h1,3,6,8-9,11-12,15H,2,4-5,7,10,13H2,(H,21,23)/t15-/m0/s1. The number of rotatable bonds is 5. The van der Waals surface area contributed by atoms with Crippen molar-refractivity contribution in [3.05, 3.63) is 48.7 Å². The SMILES string of the molecule is O=C(NCCc1cccnc1)[C@H]1CCCN(c2cnccn2)C1. The summed E-state index contributed by atoms with van der Waals surface area (Å²) in [5.74, 6) is 0.988. The first-order valence-corrected chi connectivity index (χ1v) is 8.00. The van der Waals surface area contributed by atoms with Crippen LogP contribution in [0.2, 0.25) is 0 Å². The van der Waals surface area contributed by atoms with E-state index in [1.165, 1.54) is 0 Å². The second-order valence-corrected chi connectivity index (χ2v) is 5.75. The van der Waals surface area contributed by atoms with Crippen LogP contribution in [0.3, 0.4) is 0 Å². The summed E-state index contributed by atoms with van der Waals surface area (Å²) in [4.78, 5) is 27.0. The van der Waals surface area contributed by atoms with E-state index in [1.807, 2.05) is 18.3 Å². The van der Waals surface area contributed by atoms with Crippen molar-refractivity contribution in [3.8, 4) is 0 Å². The molecule has 3 rings (SSSR count). The van der Waals surface area contributed by atoms with Crippen LogP contribution < -0.4 is 10.2 Å². The van der Waals surface area contributed by atoms with Crippen LogP contribution in [0.4, 0.5) is 5.82 Å². The molecule has 23 heavy (non-hydrogen) atoms. The van der Waals surface area contributed by atoms with Crippen LogP contribution in [-0.2, 0) is 11.2 Å². The first-order chi connectivity index (χ1) is 11.3. The minimum Gasteiger partial charge on any atom is -0.355 e. The van der Waals surface area contributed by atoms with E-state index in [9.17, 15) is 4.79 Å². The molecule has 2 aromatic heterocycles. The molecule has 1 amide bonds. The molecular formula is C17H21N5O. The average molecular weight is 311 g/mol. The summed E-state index contributed by atoms with van der Waals surface area (Å²) in [6.45, 7) is 2.28. The van der Waals surface area contributed by atoms with Gasteiger partial charge in [0.1, 0.15) is 5.82 Å². The molecule has 1 N–H and O–H groups in total. The van der Waals surface area contributed by atoms with Gasteiger partial charge in [0.2, 0.25) is 5.91 Å². The minimum atomic E-state index is 0.0136. The molecule has 6 heteroatoms. The second-order valence-electron chi connectivity index (χ2n) is 5.75. The van der Waals surface area contributed by atoms with E-state index in [0.717, 1.165) is 37.2 Å². The van der Waals surface area contributed by atoms with Gasteiger partial charge in [-0.2, -0.15) is 0 Å². The number of nitrogens with one attached hydrogen (secondary N) is 1. The Hall–Kier alpha value is -2.50. The number of carbonyl (C=O) groups is 1. The van der Waals surface area contributed by atoms with Gasteiger partial charge in [0.05, 0.1) is 12.1 Å². The summed E-state index contributed by atoms with van der Waals surface area (Å²) in [6.07, 6.45) is 11.4. The van der Waals surface area contributed by atoms with Crippen LogP contribution in [0, 0.1) is 5.92 Å². The average Bonchev–Trinajstić information content (AvgIpc) is 2.63. The van der Waals surface area contributed by atoms with Crippen LogP contribution in [0.25, 0.3) is 0 Å². The minimum absolute atomic E-state index is 0.0136. The summed E-state index contributed by atoms with van der Waals surface area (Å²) in [5, 5.41) is 3.04. The third kappa shape index (κ3) is 4.25. The zero-order chi connectivity index (χ0) is 15.9. The Kier molecular flexibility index (Phi) is 5.13. The Morgan fingerprint density at radius 2 is 2.17 bits per heavy atom. The molecule has 0 aromatic carbocycles. The largest absolute Gasteiger partial charge is 0.355 e. The highest BCUT2D eigenvalue weighted by atomic mass is 16.1. The number of amides is 1. The van der Waals surface area contributed by atoms with Crippen LogP contribution in [0.15, 0.2) is 43.1 Å². The topological polar surface area (TPSA) is 71.0 Å². The van der Waals surface area contributed by atoms with Crippen molar-refractivity contribution in [2.45, 2.75) is 19.3 Å². The maximum atomic E-state index is 12.4. The van der Waals surface area contributed by atoms with E-state index in [0.29, 0.717) is 13.1 Å². The first-order valence-electron chi connectivity index (χ1n) is 8.00. The lowest BCUT2D eigenvalue weighted by Gasteiger charge is -2.32.